The van der Waals surface area contributed by atoms with Crippen molar-refractivity contribution in [1.29, 1.82) is 0 Å². The SMILES string of the molecule is O=C(O)CCCCc1ccc(-c2cccnc2OCC2CC2)cc1F. The summed E-state index contributed by atoms with van der Waals surface area (Å²) in [6, 6.07) is 8.85. The van der Waals surface area contributed by atoms with E-state index in [2.05, 4.69) is 4.98 Å². The monoisotopic (exact) mass is 343 g/mol. The zero-order chi connectivity index (χ0) is 17.6. The summed E-state index contributed by atoms with van der Waals surface area (Å²) in [4.78, 5) is 14.8. The maximum Gasteiger partial charge on any atom is 0.303 e. The fraction of sp³-hybridized carbons (Fsp3) is 0.400. The minimum Gasteiger partial charge on any atom is -0.481 e. The first-order chi connectivity index (χ1) is 12.1. The lowest BCUT2D eigenvalue weighted by Crippen LogP contribution is -2.02. The van der Waals surface area contributed by atoms with E-state index in [1.54, 1.807) is 12.3 Å². The van der Waals surface area contributed by atoms with Crippen molar-refractivity contribution in [1.82, 2.24) is 4.98 Å². The number of nitrogens with zero attached hydrogens (tertiary/aromatic N) is 1. The van der Waals surface area contributed by atoms with E-state index in [1.165, 1.54) is 18.9 Å². The molecule has 1 heterocycles. The number of carbonyl (C=O) groups is 1. The van der Waals surface area contributed by atoms with Crippen LogP contribution in [0.15, 0.2) is 36.5 Å². The van der Waals surface area contributed by atoms with Crippen LogP contribution in [0.25, 0.3) is 11.1 Å². The van der Waals surface area contributed by atoms with Gasteiger partial charge in [-0.1, -0.05) is 12.1 Å². The lowest BCUT2D eigenvalue weighted by atomic mass is 10.0. The Morgan fingerprint density at radius 3 is 2.84 bits per heavy atom. The number of ether oxygens (including phenoxy) is 1. The molecule has 1 aromatic heterocycles. The average Bonchev–Trinajstić information content (AvgIpc) is 3.42. The summed E-state index contributed by atoms with van der Waals surface area (Å²) in [6.07, 6.45) is 5.96. The number of rotatable bonds is 9. The van der Waals surface area contributed by atoms with E-state index in [0.29, 0.717) is 43.2 Å². The van der Waals surface area contributed by atoms with Gasteiger partial charge in [0.2, 0.25) is 5.88 Å². The van der Waals surface area contributed by atoms with Gasteiger partial charge in [-0.25, -0.2) is 9.37 Å². The highest BCUT2D eigenvalue weighted by molar-refractivity contribution is 5.68. The molecule has 0 bridgehead atoms. The molecule has 4 nitrogen and oxygen atoms in total. The second-order valence-corrected chi connectivity index (χ2v) is 6.52. The van der Waals surface area contributed by atoms with Crippen LogP contribution < -0.4 is 4.74 Å². The van der Waals surface area contributed by atoms with Gasteiger partial charge in [0.25, 0.3) is 0 Å². The number of hydrogen-bond donors (Lipinski definition) is 1. The minimum atomic E-state index is -0.814. The molecule has 0 saturated heterocycles. The van der Waals surface area contributed by atoms with Gasteiger partial charge < -0.3 is 9.84 Å². The smallest absolute Gasteiger partial charge is 0.303 e. The van der Waals surface area contributed by atoms with Gasteiger partial charge in [-0.05, 0) is 67.3 Å². The van der Waals surface area contributed by atoms with E-state index in [4.69, 9.17) is 9.84 Å². The third kappa shape index (κ3) is 5.02. The van der Waals surface area contributed by atoms with E-state index in [0.717, 1.165) is 11.1 Å². The van der Waals surface area contributed by atoms with Crippen LogP contribution in [0.5, 0.6) is 5.88 Å². The van der Waals surface area contributed by atoms with Gasteiger partial charge in [0.1, 0.15) is 5.82 Å². The quantitative estimate of drug-likeness (QED) is 0.682. The summed E-state index contributed by atoms with van der Waals surface area (Å²) in [5, 5.41) is 8.64. The van der Waals surface area contributed by atoms with Crippen LogP contribution in [-0.4, -0.2) is 22.7 Å². The number of hydrogen-bond acceptors (Lipinski definition) is 3. The molecule has 132 valence electrons. The molecule has 0 amide bonds. The minimum absolute atomic E-state index is 0.122. The van der Waals surface area contributed by atoms with Crippen LogP contribution in [0.3, 0.4) is 0 Å². The lowest BCUT2D eigenvalue weighted by Gasteiger charge is -2.11. The Morgan fingerprint density at radius 2 is 2.12 bits per heavy atom. The van der Waals surface area contributed by atoms with Crippen molar-refractivity contribution in [2.24, 2.45) is 5.92 Å². The molecular weight excluding hydrogens is 321 g/mol. The summed E-state index contributed by atoms with van der Waals surface area (Å²) >= 11 is 0. The van der Waals surface area contributed by atoms with Crippen molar-refractivity contribution in [3.8, 4) is 17.0 Å². The Hall–Kier alpha value is -2.43. The molecule has 1 fully saturated rings. The van der Waals surface area contributed by atoms with Gasteiger partial charge in [0.15, 0.2) is 0 Å². The molecular formula is C20H22FNO3. The van der Waals surface area contributed by atoms with Crippen molar-refractivity contribution in [3.05, 3.63) is 47.9 Å². The van der Waals surface area contributed by atoms with Gasteiger partial charge in [-0.2, -0.15) is 0 Å². The molecule has 0 radical (unpaired) electrons. The Labute approximate surface area is 146 Å². The van der Waals surface area contributed by atoms with E-state index in [-0.39, 0.29) is 12.2 Å². The van der Waals surface area contributed by atoms with Gasteiger partial charge in [0.05, 0.1) is 6.61 Å². The zero-order valence-corrected chi connectivity index (χ0v) is 14.1. The molecule has 1 aliphatic rings. The Balaban J connectivity index is 1.68. The van der Waals surface area contributed by atoms with E-state index >= 15 is 0 Å². The normalized spacial score (nSPS) is 13.6. The second kappa shape index (κ2) is 8.10. The van der Waals surface area contributed by atoms with E-state index in [9.17, 15) is 9.18 Å². The molecule has 25 heavy (non-hydrogen) atoms. The first kappa shape index (κ1) is 17.4. The molecule has 3 rings (SSSR count). The maximum atomic E-state index is 14.4. The number of aromatic nitrogens is 1. The summed E-state index contributed by atoms with van der Waals surface area (Å²) in [6.45, 7) is 0.661. The summed E-state index contributed by atoms with van der Waals surface area (Å²) < 4.78 is 20.2. The molecule has 1 aliphatic carbocycles. The highest BCUT2D eigenvalue weighted by atomic mass is 19.1. The van der Waals surface area contributed by atoms with Crippen molar-refractivity contribution in [3.63, 3.8) is 0 Å². The highest BCUT2D eigenvalue weighted by Crippen LogP contribution is 2.33. The van der Waals surface area contributed by atoms with Crippen LogP contribution in [0.2, 0.25) is 0 Å². The molecule has 5 heteroatoms. The summed E-state index contributed by atoms with van der Waals surface area (Å²) in [7, 11) is 0. The van der Waals surface area contributed by atoms with Gasteiger partial charge in [-0.3, -0.25) is 4.79 Å². The van der Waals surface area contributed by atoms with Crippen LogP contribution in [-0.2, 0) is 11.2 Å². The molecule has 2 aromatic rings. The van der Waals surface area contributed by atoms with Crippen LogP contribution in [0.1, 0.15) is 37.7 Å². The molecule has 0 spiro atoms. The number of aliphatic carboxylic acids is 1. The number of unbranched alkanes of at least 4 members (excludes halogenated alkanes) is 1. The highest BCUT2D eigenvalue weighted by Gasteiger charge is 2.22. The van der Waals surface area contributed by atoms with E-state index < -0.39 is 5.97 Å². The van der Waals surface area contributed by atoms with Crippen LogP contribution in [0, 0.1) is 11.7 Å². The predicted octanol–water partition coefficient (Wildman–Crippen LogP) is 4.47. The lowest BCUT2D eigenvalue weighted by molar-refractivity contribution is -0.137. The average molecular weight is 343 g/mol. The van der Waals surface area contributed by atoms with Gasteiger partial charge in [0, 0.05) is 18.2 Å². The Bertz CT molecular complexity index is 743. The maximum absolute atomic E-state index is 14.4. The first-order valence-corrected chi connectivity index (χ1v) is 8.72. The zero-order valence-electron chi connectivity index (χ0n) is 14.1. The Morgan fingerprint density at radius 1 is 1.28 bits per heavy atom. The second-order valence-electron chi connectivity index (χ2n) is 6.52. The third-order valence-electron chi connectivity index (χ3n) is 4.37. The van der Waals surface area contributed by atoms with Crippen LogP contribution in [0.4, 0.5) is 4.39 Å². The molecule has 1 saturated carbocycles. The van der Waals surface area contributed by atoms with Gasteiger partial charge >= 0.3 is 5.97 Å². The fourth-order valence-electron chi connectivity index (χ4n) is 2.72. The van der Waals surface area contributed by atoms with Crippen molar-refractivity contribution in [2.75, 3.05) is 6.61 Å². The predicted molar refractivity (Wildman–Crippen MR) is 93.0 cm³/mol. The molecule has 0 atom stereocenters. The number of benzene rings is 1. The number of halogens is 1. The molecule has 0 unspecified atom stereocenters. The topological polar surface area (TPSA) is 59.4 Å². The largest absolute Gasteiger partial charge is 0.481 e. The van der Waals surface area contributed by atoms with E-state index in [1.807, 2.05) is 18.2 Å². The summed E-state index contributed by atoms with van der Waals surface area (Å²) in [5.41, 5.74) is 2.14. The fourth-order valence-corrected chi connectivity index (χ4v) is 2.72. The number of pyridine rings is 1. The van der Waals surface area contributed by atoms with Crippen molar-refractivity contribution < 1.29 is 19.0 Å². The van der Waals surface area contributed by atoms with Crippen molar-refractivity contribution >= 4 is 5.97 Å². The van der Waals surface area contributed by atoms with Gasteiger partial charge in [-0.15, -0.1) is 0 Å². The molecule has 1 aromatic carbocycles. The Kier molecular flexibility index (Phi) is 5.64. The standard InChI is InChI=1S/C20H22FNO3/c21-18-12-16(10-9-15(18)4-1-2-6-19(23)24)17-5-3-11-22-20(17)25-13-14-7-8-14/h3,5,9-12,14H,1-2,4,6-8,13H2,(H,23,24). The number of aryl methyl sites for hydroxylation is 1. The van der Waals surface area contributed by atoms with Crippen molar-refractivity contribution in [2.45, 2.75) is 38.5 Å². The first-order valence-electron chi connectivity index (χ1n) is 8.72. The summed E-state index contributed by atoms with van der Waals surface area (Å²) in [5.74, 6) is 0.0822. The number of carboxylic acid groups (broad SMARTS) is 1. The molecule has 0 aliphatic heterocycles. The number of carboxylic acids is 1. The third-order valence-corrected chi connectivity index (χ3v) is 4.37. The van der Waals surface area contributed by atoms with Crippen LogP contribution >= 0.6 is 0 Å². The molecule has 1 N–H and O–H groups in total.